The lowest BCUT2D eigenvalue weighted by Crippen LogP contribution is -2.26. The Balaban J connectivity index is 1.80. The Hall–Kier alpha value is -2.16. The average Bonchev–Trinajstić information content (AvgIpc) is 2.68. The van der Waals surface area contributed by atoms with Crippen LogP contribution in [-0.4, -0.2) is 20.5 Å². The maximum absolute atomic E-state index is 12.4. The Labute approximate surface area is 161 Å². The molecule has 0 spiro atoms. The number of rotatable bonds is 5. The summed E-state index contributed by atoms with van der Waals surface area (Å²) >= 11 is 0. The van der Waals surface area contributed by atoms with Crippen molar-refractivity contribution in [2.24, 2.45) is 0 Å². The smallest absolute Gasteiger partial charge is 0.361 e. The summed E-state index contributed by atoms with van der Waals surface area (Å²) in [7, 11) is -5.62. The minimum absolute atomic E-state index is 0.164. The lowest BCUT2D eigenvalue weighted by molar-refractivity contribution is -0.0536. The minimum atomic E-state index is -5.62. The highest BCUT2D eigenvalue weighted by Crippen LogP contribution is 2.42. The first-order chi connectivity index (χ1) is 13.3. The van der Waals surface area contributed by atoms with Gasteiger partial charge in [0.25, 0.3) is 0 Å². The van der Waals surface area contributed by atoms with E-state index in [1.165, 1.54) is 6.08 Å². The van der Waals surface area contributed by atoms with Crippen molar-refractivity contribution in [3.05, 3.63) is 83.4 Å². The summed E-state index contributed by atoms with van der Waals surface area (Å²) in [5, 5.41) is 0. The second-order valence-corrected chi connectivity index (χ2v) is 7.94. The van der Waals surface area contributed by atoms with Crippen molar-refractivity contribution in [2.75, 3.05) is 6.61 Å². The monoisotopic (exact) mass is 412 g/mol. The van der Waals surface area contributed by atoms with Crippen LogP contribution in [0.3, 0.4) is 0 Å². The first-order valence-electron chi connectivity index (χ1n) is 8.68. The van der Waals surface area contributed by atoms with Crippen molar-refractivity contribution in [1.29, 1.82) is 0 Å². The lowest BCUT2D eigenvalue weighted by atomic mass is 9.90. The van der Waals surface area contributed by atoms with E-state index in [0.29, 0.717) is 18.4 Å². The average molecular weight is 412 g/mol. The van der Waals surface area contributed by atoms with Crippen LogP contribution in [0.5, 0.6) is 0 Å². The molecule has 2 unspecified atom stereocenters. The number of benzene rings is 2. The molecule has 1 heterocycles. The van der Waals surface area contributed by atoms with Gasteiger partial charge in [-0.3, -0.25) is 4.18 Å². The Morgan fingerprint density at radius 2 is 1.57 bits per heavy atom. The standard InChI is InChI=1S/C20H19F3O4S/c21-20(22,23)28(24,25)26-14-13-17-11-12-18(15-7-3-1-4-8-15)27-19(17)16-9-5-2-6-10-16/h1-10,13,18-19H,11-12,14H2. The Morgan fingerprint density at radius 3 is 2.14 bits per heavy atom. The van der Waals surface area contributed by atoms with Crippen molar-refractivity contribution >= 4 is 10.1 Å². The molecular weight excluding hydrogens is 393 g/mol. The normalized spacial score (nSPS) is 22.3. The van der Waals surface area contributed by atoms with Gasteiger partial charge in [-0.05, 0) is 29.5 Å². The summed E-state index contributed by atoms with van der Waals surface area (Å²) in [6, 6.07) is 18.9. The fourth-order valence-corrected chi connectivity index (χ4v) is 3.47. The van der Waals surface area contributed by atoms with Gasteiger partial charge in [0, 0.05) is 0 Å². The zero-order valence-electron chi connectivity index (χ0n) is 14.8. The highest BCUT2D eigenvalue weighted by molar-refractivity contribution is 7.87. The van der Waals surface area contributed by atoms with Gasteiger partial charge in [-0.1, -0.05) is 66.7 Å². The molecular formula is C20H19F3O4S. The predicted molar refractivity (Wildman–Crippen MR) is 97.7 cm³/mol. The van der Waals surface area contributed by atoms with Crippen LogP contribution in [0.15, 0.2) is 72.3 Å². The van der Waals surface area contributed by atoms with E-state index in [0.717, 1.165) is 11.1 Å². The topological polar surface area (TPSA) is 52.6 Å². The zero-order chi connectivity index (χ0) is 20.2. The third kappa shape index (κ3) is 4.81. The van der Waals surface area contributed by atoms with Crippen molar-refractivity contribution in [2.45, 2.75) is 30.6 Å². The zero-order valence-corrected chi connectivity index (χ0v) is 15.6. The van der Waals surface area contributed by atoms with Gasteiger partial charge in [0.1, 0.15) is 6.10 Å². The number of halogens is 3. The van der Waals surface area contributed by atoms with Crippen LogP contribution in [0.2, 0.25) is 0 Å². The maximum Gasteiger partial charge on any atom is 0.523 e. The summed E-state index contributed by atoms with van der Waals surface area (Å²) in [4.78, 5) is 0. The highest BCUT2D eigenvalue weighted by Gasteiger charge is 2.47. The fraction of sp³-hybridized carbons (Fsp3) is 0.300. The van der Waals surface area contributed by atoms with E-state index in [4.69, 9.17) is 4.74 Å². The molecule has 0 aromatic heterocycles. The lowest BCUT2D eigenvalue weighted by Gasteiger charge is -2.33. The van der Waals surface area contributed by atoms with Gasteiger partial charge in [0.05, 0.1) is 12.7 Å². The van der Waals surface area contributed by atoms with Crippen molar-refractivity contribution in [3.8, 4) is 0 Å². The van der Waals surface area contributed by atoms with Crippen molar-refractivity contribution < 1.29 is 30.5 Å². The molecule has 1 saturated heterocycles. The second-order valence-electron chi connectivity index (χ2n) is 6.33. The summed E-state index contributed by atoms with van der Waals surface area (Å²) in [5.74, 6) is 0. The number of ether oxygens (including phenoxy) is 1. The maximum atomic E-state index is 12.4. The molecule has 0 saturated carbocycles. The Morgan fingerprint density at radius 1 is 1.00 bits per heavy atom. The van der Waals surface area contributed by atoms with Crippen LogP contribution < -0.4 is 0 Å². The molecule has 4 nitrogen and oxygen atoms in total. The molecule has 28 heavy (non-hydrogen) atoms. The molecule has 8 heteroatoms. The minimum Gasteiger partial charge on any atom is -0.361 e. The molecule has 1 aliphatic heterocycles. The van der Waals surface area contributed by atoms with Crippen molar-refractivity contribution in [3.63, 3.8) is 0 Å². The second kappa shape index (κ2) is 8.46. The van der Waals surface area contributed by atoms with Gasteiger partial charge in [0.15, 0.2) is 0 Å². The largest absolute Gasteiger partial charge is 0.523 e. The van der Waals surface area contributed by atoms with Gasteiger partial charge in [-0.2, -0.15) is 21.6 Å². The van der Waals surface area contributed by atoms with Crippen LogP contribution in [0.25, 0.3) is 0 Å². The van der Waals surface area contributed by atoms with Crippen molar-refractivity contribution in [1.82, 2.24) is 0 Å². The molecule has 2 aromatic rings. The SMILES string of the molecule is O=S(=O)(OCC=C1CCC(c2ccccc2)OC1c1ccccc1)C(F)(F)F. The van der Waals surface area contributed by atoms with Gasteiger partial charge in [0.2, 0.25) is 0 Å². The van der Waals surface area contributed by atoms with Gasteiger partial charge in [-0.25, -0.2) is 0 Å². The number of alkyl halides is 3. The fourth-order valence-electron chi connectivity index (χ4n) is 3.09. The summed E-state index contributed by atoms with van der Waals surface area (Å²) in [5.41, 5.74) is -2.89. The number of hydrogen-bond donors (Lipinski definition) is 0. The number of hydrogen-bond acceptors (Lipinski definition) is 4. The summed E-state index contributed by atoms with van der Waals surface area (Å²) in [6.45, 7) is -0.695. The van der Waals surface area contributed by atoms with Gasteiger partial charge < -0.3 is 4.74 Å². The molecule has 150 valence electrons. The molecule has 1 fully saturated rings. The predicted octanol–water partition coefficient (Wildman–Crippen LogP) is 5.07. The van der Waals surface area contributed by atoms with E-state index in [2.05, 4.69) is 4.18 Å². The van der Waals surface area contributed by atoms with E-state index < -0.39 is 28.3 Å². The van der Waals surface area contributed by atoms with Crippen LogP contribution >= 0.6 is 0 Å². The molecule has 2 atom stereocenters. The van der Waals surface area contributed by atoms with Crippen LogP contribution in [0, 0.1) is 0 Å². The molecule has 1 aliphatic rings. The van der Waals surface area contributed by atoms with Crippen LogP contribution in [0.1, 0.15) is 36.2 Å². The van der Waals surface area contributed by atoms with E-state index in [9.17, 15) is 21.6 Å². The highest BCUT2D eigenvalue weighted by atomic mass is 32.2. The molecule has 0 radical (unpaired) electrons. The molecule has 0 bridgehead atoms. The molecule has 0 amide bonds. The Bertz CT molecular complexity index is 909. The summed E-state index contributed by atoms with van der Waals surface area (Å²) < 4.78 is 69.7. The van der Waals surface area contributed by atoms with E-state index in [-0.39, 0.29) is 6.10 Å². The first kappa shape index (κ1) is 20.6. The Kier molecular flexibility index (Phi) is 6.22. The quantitative estimate of drug-likeness (QED) is 0.391. The van der Waals surface area contributed by atoms with E-state index in [1.54, 1.807) is 0 Å². The molecule has 0 aliphatic carbocycles. The molecule has 2 aromatic carbocycles. The van der Waals surface area contributed by atoms with E-state index in [1.807, 2.05) is 60.7 Å². The third-order valence-electron chi connectivity index (χ3n) is 4.46. The third-order valence-corrected chi connectivity index (χ3v) is 5.47. The van der Waals surface area contributed by atoms with Crippen LogP contribution in [0.4, 0.5) is 13.2 Å². The summed E-state index contributed by atoms with van der Waals surface area (Å²) in [6.07, 6.45) is 1.89. The van der Waals surface area contributed by atoms with Gasteiger partial charge in [-0.15, -0.1) is 0 Å². The van der Waals surface area contributed by atoms with E-state index >= 15 is 0 Å². The molecule has 0 N–H and O–H groups in total. The van der Waals surface area contributed by atoms with Gasteiger partial charge >= 0.3 is 15.6 Å². The first-order valence-corrected chi connectivity index (χ1v) is 10.1. The molecule has 3 rings (SSSR count). The van der Waals surface area contributed by atoms with Crippen LogP contribution in [-0.2, 0) is 19.0 Å².